The Hall–Kier alpha value is -2.45. The Labute approximate surface area is 202 Å². The maximum absolute atomic E-state index is 13.7. The second-order valence-corrected chi connectivity index (χ2v) is 11.7. The molecule has 184 valence electrons. The largest absolute Gasteiger partial charge is 0.355 e. The Bertz CT molecular complexity index is 1170. The molecule has 0 spiro atoms. The van der Waals surface area contributed by atoms with Crippen molar-refractivity contribution in [3.8, 4) is 0 Å². The predicted molar refractivity (Wildman–Crippen MR) is 133 cm³/mol. The fourth-order valence-corrected chi connectivity index (χ4v) is 7.08. The lowest BCUT2D eigenvalue weighted by Crippen LogP contribution is -2.47. The summed E-state index contributed by atoms with van der Waals surface area (Å²) < 4.78 is 34.2. The first-order valence-corrected chi connectivity index (χ1v) is 13.6. The van der Waals surface area contributed by atoms with Gasteiger partial charge in [-0.3, -0.25) is 4.79 Å². The molecule has 1 aliphatic carbocycles. The van der Waals surface area contributed by atoms with Gasteiger partial charge < -0.3 is 9.84 Å². The standard InChI is InChI=1S/C26H35N3O4S/c1-17-14-18(2)23(19(3)15-17)11-12-24-25(20(4)28-33-24)34(31,32)29-13-7-8-21(16-29)26(30)27-22-9-5-6-10-22/h11-12,14-15,21-22H,5-10,13,16H2,1-4H3,(H,27,30)/b12-11+/t21-/m1/s1. The minimum absolute atomic E-state index is 0.0284. The van der Waals surface area contributed by atoms with Crippen LogP contribution in [0.5, 0.6) is 0 Å². The summed E-state index contributed by atoms with van der Waals surface area (Å²) >= 11 is 0. The van der Waals surface area contributed by atoms with Crippen LogP contribution in [-0.4, -0.2) is 42.9 Å². The van der Waals surface area contributed by atoms with Gasteiger partial charge in [0, 0.05) is 19.1 Å². The lowest BCUT2D eigenvalue weighted by Gasteiger charge is -2.31. The van der Waals surface area contributed by atoms with Gasteiger partial charge in [-0.2, -0.15) is 4.31 Å². The Morgan fingerprint density at radius 1 is 1.06 bits per heavy atom. The molecule has 0 radical (unpaired) electrons. The molecule has 1 aromatic carbocycles. The van der Waals surface area contributed by atoms with Gasteiger partial charge in [-0.05, 0) is 76.1 Å². The summed E-state index contributed by atoms with van der Waals surface area (Å²) in [5.74, 6) is -0.144. The number of hydrogen-bond acceptors (Lipinski definition) is 5. The molecule has 1 aromatic heterocycles. The van der Waals surface area contributed by atoms with E-state index in [4.69, 9.17) is 4.52 Å². The van der Waals surface area contributed by atoms with Crippen molar-refractivity contribution >= 4 is 28.1 Å². The maximum atomic E-state index is 13.7. The Balaban J connectivity index is 1.56. The molecule has 1 saturated heterocycles. The van der Waals surface area contributed by atoms with Crippen molar-refractivity contribution in [2.45, 2.75) is 77.2 Å². The molecule has 1 amide bonds. The van der Waals surface area contributed by atoms with Gasteiger partial charge in [0.25, 0.3) is 0 Å². The normalized spacial score (nSPS) is 20.3. The number of sulfonamides is 1. The van der Waals surface area contributed by atoms with Crippen LogP contribution in [0.1, 0.15) is 72.2 Å². The highest BCUT2D eigenvalue weighted by atomic mass is 32.2. The van der Waals surface area contributed by atoms with Crippen molar-refractivity contribution in [2.24, 2.45) is 5.92 Å². The molecule has 1 N–H and O–H groups in total. The number of nitrogens with zero attached hydrogens (tertiary/aromatic N) is 2. The van der Waals surface area contributed by atoms with E-state index >= 15 is 0 Å². The molecule has 0 unspecified atom stereocenters. The van der Waals surface area contributed by atoms with Crippen molar-refractivity contribution in [3.63, 3.8) is 0 Å². The third-order valence-corrected chi connectivity index (χ3v) is 9.05. The second kappa shape index (κ2) is 10.0. The van der Waals surface area contributed by atoms with Crippen LogP contribution < -0.4 is 5.32 Å². The summed E-state index contributed by atoms with van der Waals surface area (Å²) in [5.41, 5.74) is 4.77. The van der Waals surface area contributed by atoms with Gasteiger partial charge >= 0.3 is 0 Å². The molecular weight excluding hydrogens is 450 g/mol. The van der Waals surface area contributed by atoms with Crippen LogP contribution in [0.2, 0.25) is 0 Å². The fourth-order valence-electron chi connectivity index (χ4n) is 5.30. The average Bonchev–Trinajstić information content (AvgIpc) is 3.42. The SMILES string of the molecule is Cc1cc(C)c(/C=C/c2onc(C)c2S(=O)(=O)N2CCC[C@@H](C(=O)NC3CCCC3)C2)c(C)c1. The number of carbonyl (C=O) groups is 1. The Kier molecular flexibility index (Phi) is 7.28. The quantitative estimate of drug-likeness (QED) is 0.649. The van der Waals surface area contributed by atoms with E-state index < -0.39 is 10.0 Å². The van der Waals surface area contributed by atoms with Gasteiger partial charge in [-0.15, -0.1) is 0 Å². The van der Waals surface area contributed by atoms with E-state index in [9.17, 15) is 13.2 Å². The smallest absolute Gasteiger partial charge is 0.248 e. The molecule has 7 nitrogen and oxygen atoms in total. The minimum atomic E-state index is -3.86. The molecule has 0 bridgehead atoms. The average molecular weight is 486 g/mol. The number of rotatable bonds is 6. The summed E-state index contributed by atoms with van der Waals surface area (Å²) in [4.78, 5) is 12.9. The molecule has 2 fully saturated rings. The highest BCUT2D eigenvalue weighted by Gasteiger charge is 2.37. The second-order valence-electron chi connectivity index (χ2n) is 9.80. The number of piperidine rings is 1. The molecule has 2 aromatic rings. The highest BCUT2D eigenvalue weighted by Crippen LogP contribution is 2.30. The fraction of sp³-hybridized carbons (Fsp3) is 0.538. The van der Waals surface area contributed by atoms with Gasteiger partial charge in [-0.1, -0.05) is 41.8 Å². The van der Waals surface area contributed by atoms with Crippen molar-refractivity contribution in [3.05, 3.63) is 45.8 Å². The maximum Gasteiger partial charge on any atom is 0.248 e. The molecule has 1 saturated carbocycles. The van der Waals surface area contributed by atoms with Gasteiger partial charge in [0.1, 0.15) is 5.69 Å². The number of amides is 1. The van der Waals surface area contributed by atoms with Crippen molar-refractivity contribution in [1.82, 2.24) is 14.8 Å². The number of aryl methyl sites for hydroxylation is 4. The molecular formula is C26H35N3O4S. The van der Waals surface area contributed by atoms with Crippen LogP contribution in [0.25, 0.3) is 12.2 Å². The highest BCUT2D eigenvalue weighted by molar-refractivity contribution is 7.89. The lowest BCUT2D eigenvalue weighted by molar-refractivity contribution is -0.126. The number of hydrogen-bond donors (Lipinski definition) is 1. The van der Waals surface area contributed by atoms with E-state index in [1.54, 1.807) is 13.0 Å². The van der Waals surface area contributed by atoms with E-state index in [0.717, 1.165) is 42.4 Å². The first-order valence-electron chi connectivity index (χ1n) is 12.2. The summed E-state index contributed by atoms with van der Waals surface area (Å²) in [6.45, 7) is 8.34. The summed E-state index contributed by atoms with van der Waals surface area (Å²) in [6.07, 6.45) is 9.22. The van der Waals surface area contributed by atoms with Crippen LogP contribution >= 0.6 is 0 Å². The van der Waals surface area contributed by atoms with E-state index in [-0.39, 0.29) is 35.1 Å². The molecule has 4 rings (SSSR count). The third-order valence-electron chi connectivity index (χ3n) is 7.03. The lowest BCUT2D eigenvalue weighted by atomic mass is 9.98. The van der Waals surface area contributed by atoms with Crippen LogP contribution in [-0.2, 0) is 14.8 Å². The summed E-state index contributed by atoms with van der Waals surface area (Å²) in [7, 11) is -3.86. The van der Waals surface area contributed by atoms with Gasteiger partial charge in [0.2, 0.25) is 15.9 Å². The van der Waals surface area contributed by atoms with Crippen LogP contribution in [0, 0.1) is 33.6 Å². The van der Waals surface area contributed by atoms with Crippen LogP contribution in [0.3, 0.4) is 0 Å². The number of nitrogens with one attached hydrogen (secondary N) is 1. The molecule has 2 aliphatic rings. The summed E-state index contributed by atoms with van der Waals surface area (Å²) in [6, 6.07) is 4.42. The zero-order valence-electron chi connectivity index (χ0n) is 20.6. The first kappa shape index (κ1) is 24.7. The predicted octanol–water partition coefficient (Wildman–Crippen LogP) is 4.54. The zero-order valence-corrected chi connectivity index (χ0v) is 21.4. The zero-order chi connectivity index (χ0) is 24.5. The van der Waals surface area contributed by atoms with Crippen molar-refractivity contribution < 1.29 is 17.7 Å². The van der Waals surface area contributed by atoms with E-state index in [1.807, 2.05) is 19.9 Å². The monoisotopic (exact) mass is 485 g/mol. The van der Waals surface area contributed by atoms with E-state index in [2.05, 4.69) is 29.5 Å². The number of carbonyl (C=O) groups excluding carboxylic acids is 1. The Morgan fingerprint density at radius 2 is 1.74 bits per heavy atom. The third kappa shape index (κ3) is 5.13. The van der Waals surface area contributed by atoms with Gasteiger partial charge in [-0.25, -0.2) is 8.42 Å². The van der Waals surface area contributed by atoms with E-state index in [1.165, 1.54) is 9.87 Å². The van der Waals surface area contributed by atoms with Gasteiger partial charge in [0.15, 0.2) is 10.7 Å². The van der Waals surface area contributed by atoms with Crippen molar-refractivity contribution in [2.75, 3.05) is 13.1 Å². The molecule has 1 aliphatic heterocycles. The molecule has 2 heterocycles. The minimum Gasteiger partial charge on any atom is -0.355 e. The molecule has 1 atom stereocenters. The number of benzene rings is 1. The Morgan fingerprint density at radius 3 is 2.41 bits per heavy atom. The number of aromatic nitrogens is 1. The van der Waals surface area contributed by atoms with Crippen LogP contribution in [0.15, 0.2) is 21.6 Å². The topological polar surface area (TPSA) is 92.5 Å². The van der Waals surface area contributed by atoms with Crippen LogP contribution in [0.4, 0.5) is 0 Å². The van der Waals surface area contributed by atoms with E-state index in [0.29, 0.717) is 25.1 Å². The van der Waals surface area contributed by atoms with Crippen molar-refractivity contribution in [1.29, 1.82) is 0 Å². The summed E-state index contributed by atoms with van der Waals surface area (Å²) in [5, 5.41) is 7.09. The first-order chi connectivity index (χ1) is 16.2. The molecule has 34 heavy (non-hydrogen) atoms. The molecule has 8 heteroatoms. The van der Waals surface area contributed by atoms with Gasteiger partial charge in [0.05, 0.1) is 5.92 Å².